The number of amides is 9. The minimum absolute atomic E-state index is 0.00465. The van der Waals surface area contributed by atoms with E-state index in [0.29, 0.717) is 23.3 Å². The van der Waals surface area contributed by atoms with Gasteiger partial charge in [-0.15, -0.1) is 0 Å². The van der Waals surface area contributed by atoms with Crippen molar-refractivity contribution < 1.29 is 91.1 Å². The molecule has 10 atom stereocenters. The molecule has 37 heteroatoms. The van der Waals surface area contributed by atoms with E-state index in [0.717, 1.165) is 10.9 Å². The first kappa shape index (κ1) is 86.3. The lowest BCUT2D eigenvalue weighted by molar-refractivity contribution is -0.192. The van der Waals surface area contributed by atoms with Gasteiger partial charge in [-0.05, 0) is 123 Å². The summed E-state index contributed by atoms with van der Waals surface area (Å²) in [7, 11) is 0. The van der Waals surface area contributed by atoms with E-state index in [9.17, 15) is 81.2 Å². The normalized spacial score (nSPS) is 15.4. The van der Waals surface area contributed by atoms with Gasteiger partial charge in [-0.1, -0.05) is 71.9 Å². The van der Waals surface area contributed by atoms with Crippen LogP contribution in [0.1, 0.15) is 117 Å². The maximum absolute atomic E-state index is 14.9. The second kappa shape index (κ2) is 42.3. The number of fused-ring (bicyclic) bond motifs is 1. The maximum atomic E-state index is 14.9. The highest BCUT2D eigenvalue weighted by atomic mass is 32.2. The zero-order valence-corrected chi connectivity index (χ0v) is 58.8. The fraction of sp³-hybridized carbons (Fsp3) is 0.569. The number of para-hydroxylation sites is 1. The van der Waals surface area contributed by atoms with Crippen LogP contribution in [0.5, 0.6) is 5.75 Å². The number of H-pyrrole nitrogens is 1. The highest BCUT2D eigenvalue weighted by Crippen LogP contribution is 2.24. The zero-order chi connectivity index (χ0) is 76.7. The molecule has 1 aromatic heterocycles. The quantitative estimate of drug-likeness (QED) is 0.0197. The predicted molar refractivity (Wildman–Crippen MR) is 372 cm³/mol. The summed E-state index contributed by atoms with van der Waals surface area (Å²) in [6.45, 7) is 10.5. The number of alkyl halides is 3. The van der Waals surface area contributed by atoms with Crippen LogP contribution in [0.4, 0.5) is 13.2 Å². The highest BCUT2D eigenvalue weighted by molar-refractivity contribution is 7.98. The average Bonchev–Trinajstić information content (AvgIpc) is 1.64. The second-order valence-electron chi connectivity index (χ2n) is 25.4. The van der Waals surface area contributed by atoms with Crippen LogP contribution in [0.15, 0.2) is 64.7 Å². The number of phenols is 1. The third kappa shape index (κ3) is 29.7. The number of carbonyl (C=O) groups is 12. The number of carbonyl (C=O) groups excluding carboxylic acids is 9. The van der Waals surface area contributed by atoms with E-state index in [1.807, 2.05) is 32.0 Å². The number of nitrogens with two attached hydrogens (primary N) is 5. The van der Waals surface area contributed by atoms with Crippen molar-refractivity contribution in [3.05, 3.63) is 65.9 Å². The number of phenolic OH excluding ortho intramolecular Hbond substituents is 1. The van der Waals surface area contributed by atoms with E-state index in [1.165, 1.54) is 28.8 Å². The Labute approximate surface area is 591 Å². The number of rotatable bonds is 40. The summed E-state index contributed by atoms with van der Waals surface area (Å²) in [5.41, 5.74) is 30.5. The van der Waals surface area contributed by atoms with Gasteiger partial charge in [-0.2, -0.15) is 24.9 Å². The number of carboxylic acid groups (broad SMARTS) is 3. The number of halogens is 3. The number of aromatic nitrogens is 1. The van der Waals surface area contributed by atoms with E-state index < -0.39 is 162 Å². The number of hydrogen-bond donors (Lipinski definition) is 18. The monoisotopic (exact) mass is 1460 g/mol. The Morgan fingerprint density at radius 3 is 1.63 bits per heavy atom. The number of aliphatic imine (C=N–C) groups is 2. The molecule has 1 fully saturated rings. The van der Waals surface area contributed by atoms with Crippen LogP contribution < -0.4 is 71.2 Å². The Hall–Kier alpha value is -9.94. The number of thioether (sulfide) groups is 1. The number of carboxylic acids is 3. The Morgan fingerprint density at radius 1 is 0.618 bits per heavy atom. The molecule has 0 bridgehead atoms. The Bertz CT molecular complexity index is 3400. The SMILES string of the molecule is CSCC[C@H](NC(=O)[C@H](CCCN=C(N)N)NC(=O)[C@@H](NC(=O)[C@H](Cc1c[nH]c2ccccc12)NC(=O)[C@H](CC(C)C)NC(=O)[C@@H]1CCCN1C(=O)[C@H](CCCN=C(N)N)NC(=O)[C@@H](NC(=O)[C@@H](N)Cc1ccc(O)cc1)C(C)C)C(C)C)C(=O)N[C@@H](CCC(=O)O)C(=O)O.O=C(O)C(F)(F)F. The molecule has 102 heavy (non-hydrogen) atoms. The van der Waals surface area contributed by atoms with Crippen molar-refractivity contribution in [2.24, 2.45) is 56.4 Å². The molecule has 4 rings (SSSR count). The van der Waals surface area contributed by atoms with Gasteiger partial charge in [-0.25, -0.2) is 9.59 Å². The largest absolute Gasteiger partial charge is 0.508 e. The van der Waals surface area contributed by atoms with Crippen molar-refractivity contribution in [2.75, 3.05) is 31.6 Å². The van der Waals surface area contributed by atoms with Gasteiger partial charge in [0, 0.05) is 49.6 Å². The van der Waals surface area contributed by atoms with Crippen LogP contribution in [0.2, 0.25) is 0 Å². The van der Waals surface area contributed by atoms with E-state index in [-0.39, 0.29) is 101 Å². The topological polar surface area (TPSA) is 556 Å². The van der Waals surface area contributed by atoms with Gasteiger partial charge < -0.3 is 102 Å². The molecule has 1 aliphatic heterocycles. The summed E-state index contributed by atoms with van der Waals surface area (Å²) in [4.78, 5) is 174. The van der Waals surface area contributed by atoms with E-state index in [2.05, 4.69) is 57.5 Å². The summed E-state index contributed by atoms with van der Waals surface area (Å²) in [6.07, 6.45) is -1.89. The molecule has 566 valence electrons. The van der Waals surface area contributed by atoms with Gasteiger partial charge in [0.2, 0.25) is 53.2 Å². The maximum Gasteiger partial charge on any atom is 0.490 e. The molecule has 9 amide bonds. The standard InChI is InChI=1S/C63H97N17O14S.C2HF3O2/c1-33(2)29-46(77-57(89)48-17-12-27-80(48)60(92)44(16-11-26-70-63(67)68)74-59(91)50(34(3)4)78-52(84)40(64)30-36-18-20-38(81)21-19-36)55(87)76-47(31-37-32-71-41-14-9-8-13-39(37)41)56(88)79-51(35(5)6)58(90)73-42(15-10-25-69-62(65)66)53(85)72-43(24-28-95-7)54(86)75-45(61(93)94)22-23-49(82)83;3-2(4,5)1(6)7/h8-9,13-14,18-21,32-35,40,42-48,50-51,71,81H,10-12,15-17,22-31,64H2,1-7H3,(H,72,85)(H,73,90)(H,74,91)(H,75,86)(H,76,87)(H,77,89)(H,78,84)(H,79,88)(H,82,83)(H,93,94)(H4,65,66,69)(H4,67,68,70);(H,6,7)/t40-,42-,43-,44-,45-,46-,47-,48-,50-,51-;/m0./s1. The van der Waals surface area contributed by atoms with Crippen LogP contribution in [0, 0.1) is 17.8 Å². The van der Waals surface area contributed by atoms with Crippen LogP contribution in [0.3, 0.4) is 0 Å². The molecule has 0 spiro atoms. The molecule has 2 aromatic carbocycles. The van der Waals surface area contributed by atoms with Crippen molar-refractivity contribution >= 4 is 106 Å². The predicted octanol–water partition coefficient (Wildman–Crippen LogP) is -0.344. The van der Waals surface area contributed by atoms with Crippen LogP contribution in [-0.4, -0.2) is 212 Å². The number of nitrogens with zero attached hydrogens (tertiary/aromatic N) is 3. The summed E-state index contributed by atoms with van der Waals surface area (Å²) < 4.78 is 31.7. The molecule has 0 aliphatic carbocycles. The number of nitrogens with one attached hydrogen (secondary N) is 9. The first-order valence-corrected chi connectivity index (χ1v) is 34.4. The lowest BCUT2D eigenvalue weighted by Gasteiger charge is -2.32. The van der Waals surface area contributed by atoms with E-state index in [4.69, 9.17) is 38.6 Å². The Morgan fingerprint density at radius 2 is 1.11 bits per heavy atom. The van der Waals surface area contributed by atoms with Gasteiger partial charge in [0.25, 0.3) is 0 Å². The van der Waals surface area contributed by atoms with Crippen LogP contribution in [-0.2, 0) is 70.4 Å². The van der Waals surface area contributed by atoms with Gasteiger partial charge in [0.05, 0.1) is 6.04 Å². The summed E-state index contributed by atoms with van der Waals surface area (Å²) in [6, 6.07) is 0.312. The highest BCUT2D eigenvalue weighted by Gasteiger charge is 2.42. The molecule has 3 aromatic rings. The fourth-order valence-electron chi connectivity index (χ4n) is 10.7. The molecule has 0 radical (unpaired) electrons. The van der Waals surface area contributed by atoms with Gasteiger partial charge in [-0.3, -0.25) is 57.9 Å². The van der Waals surface area contributed by atoms with Gasteiger partial charge in [0.15, 0.2) is 11.9 Å². The first-order chi connectivity index (χ1) is 47.8. The zero-order valence-electron chi connectivity index (χ0n) is 58.0. The smallest absolute Gasteiger partial charge is 0.490 e. The van der Waals surface area contributed by atoms with Gasteiger partial charge >= 0.3 is 24.1 Å². The number of hydrogen-bond acceptors (Lipinski definition) is 17. The number of aliphatic carboxylic acids is 3. The molecular formula is C65H98F3N17O16S. The third-order valence-electron chi connectivity index (χ3n) is 16.0. The first-order valence-electron chi connectivity index (χ1n) is 33.0. The Kier molecular flexibility index (Phi) is 35.8. The van der Waals surface area contributed by atoms with Crippen molar-refractivity contribution in [2.45, 2.75) is 185 Å². The van der Waals surface area contributed by atoms with Gasteiger partial charge in [0.1, 0.15) is 60.1 Å². The number of likely N-dealkylation sites (tertiary alicyclic amines) is 1. The van der Waals surface area contributed by atoms with E-state index >= 15 is 0 Å². The fourth-order valence-corrected chi connectivity index (χ4v) is 11.1. The molecule has 33 nitrogen and oxygen atoms in total. The molecular weight excluding hydrogens is 1360 g/mol. The summed E-state index contributed by atoms with van der Waals surface area (Å²) in [5.74, 6) is -13.9. The van der Waals surface area contributed by atoms with E-state index in [1.54, 1.807) is 58.3 Å². The molecule has 1 aliphatic rings. The minimum Gasteiger partial charge on any atom is -0.508 e. The lowest BCUT2D eigenvalue weighted by Crippen LogP contribution is -2.61. The van der Waals surface area contributed by atoms with Crippen molar-refractivity contribution in [1.29, 1.82) is 0 Å². The van der Waals surface area contributed by atoms with Crippen molar-refractivity contribution in [3.63, 3.8) is 0 Å². The number of aromatic amines is 1. The summed E-state index contributed by atoms with van der Waals surface area (Å²) in [5, 5.41) is 58.1. The van der Waals surface area contributed by atoms with Crippen LogP contribution in [0.25, 0.3) is 10.9 Å². The Balaban J connectivity index is 0.00000366. The average molecular weight is 1460 g/mol. The lowest BCUT2D eigenvalue weighted by atomic mass is 9.98. The molecule has 2 heterocycles. The molecule has 0 unspecified atom stereocenters. The third-order valence-corrected chi connectivity index (χ3v) is 16.7. The van der Waals surface area contributed by atoms with Crippen molar-refractivity contribution in [1.82, 2.24) is 52.4 Å². The number of aromatic hydroxyl groups is 1. The molecule has 23 N–H and O–H groups in total. The van der Waals surface area contributed by atoms with Crippen LogP contribution >= 0.6 is 11.8 Å². The number of benzene rings is 2. The second-order valence-corrected chi connectivity index (χ2v) is 26.4. The van der Waals surface area contributed by atoms with Crippen molar-refractivity contribution in [3.8, 4) is 5.75 Å². The molecule has 0 saturated carbocycles. The number of guanidine groups is 2. The minimum atomic E-state index is -5.08. The molecule has 1 saturated heterocycles. The summed E-state index contributed by atoms with van der Waals surface area (Å²) >= 11 is 1.33.